The van der Waals surface area contributed by atoms with Gasteiger partial charge in [-0.05, 0) is 62.7 Å². The minimum absolute atomic E-state index is 0.102. The van der Waals surface area contributed by atoms with E-state index >= 15 is 0 Å². The Labute approximate surface area is 202 Å². The van der Waals surface area contributed by atoms with Crippen LogP contribution in [0.3, 0.4) is 0 Å². The van der Waals surface area contributed by atoms with Gasteiger partial charge in [0.1, 0.15) is 12.6 Å². The Bertz CT molecular complexity index is 1060. The van der Waals surface area contributed by atoms with Gasteiger partial charge in [0.05, 0.1) is 11.9 Å². The van der Waals surface area contributed by atoms with Crippen LogP contribution in [-0.2, 0) is 26.2 Å². The van der Waals surface area contributed by atoms with Gasteiger partial charge in [-0.2, -0.15) is 0 Å². The highest BCUT2D eigenvalue weighted by atomic mass is 79.9. The molecule has 1 atom stereocenters. The largest absolute Gasteiger partial charge is 0.352 e. The molecule has 7 nitrogen and oxygen atoms in total. The number of hydrogen-bond acceptors (Lipinski definition) is 4. The van der Waals surface area contributed by atoms with E-state index in [4.69, 9.17) is 11.6 Å². The average Bonchev–Trinajstić information content (AvgIpc) is 2.69. The van der Waals surface area contributed by atoms with Crippen LogP contribution >= 0.6 is 27.5 Å². The summed E-state index contributed by atoms with van der Waals surface area (Å²) in [5.41, 5.74) is 1.11. The number of sulfonamides is 1. The fourth-order valence-corrected chi connectivity index (χ4v) is 4.46. The van der Waals surface area contributed by atoms with Gasteiger partial charge in [-0.15, -0.1) is 0 Å². The van der Waals surface area contributed by atoms with Gasteiger partial charge >= 0.3 is 0 Å². The van der Waals surface area contributed by atoms with Gasteiger partial charge in [0.15, 0.2) is 0 Å². The maximum Gasteiger partial charge on any atom is 0.244 e. The van der Waals surface area contributed by atoms with E-state index in [1.54, 1.807) is 19.1 Å². The molecule has 0 spiro atoms. The van der Waals surface area contributed by atoms with Gasteiger partial charge < -0.3 is 10.2 Å². The number of amides is 2. The maximum atomic E-state index is 13.4. The van der Waals surface area contributed by atoms with Crippen molar-refractivity contribution in [3.63, 3.8) is 0 Å². The minimum Gasteiger partial charge on any atom is -0.352 e. The minimum atomic E-state index is -3.77. The Balaban J connectivity index is 2.38. The Morgan fingerprint density at radius 3 is 2.25 bits per heavy atom. The first-order valence-electron chi connectivity index (χ1n) is 9.96. The van der Waals surface area contributed by atoms with E-state index in [2.05, 4.69) is 21.2 Å². The van der Waals surface area contributed by atoms with Crippen molar-refractivity contribution in [3.05, 3.63) is 63.6 Å². The molecule has 174 valence electrons. The summed E-state index contributed by atoms with van der Waals surface area (Å²) >= 11 is 9.33. The number of anilines is 1. The first kappa shape index (κ1) is 26.2. The van der Waals surface area contributed by atoms with Crippen LogP contribution in [0.4, 0.5) is 5.69 Å². The lowest BCUT2D eigenvalue weighted by Crippen LogP contribution is -2.52. The fraction of sp³-hybridized carbons (Fsp3) is 0.364. The van der Waals surface area contributed by atoms with Crippen LogP contribution in [0.1, 0.15) is 26.3 Å². The van der Waals surface area contributed by atoms with Crippen molar-refractivity contribution < 1.29 is 18.0 Å². The van der Waals surface area contributed by atoms with E-state index in [1.165, 1.54) is 17.0 Å². The van der Waals surface area contributed by atoms with E-state index in [0.717, 1.165) is 20.6 Å². The first-order chi connectivity index (χ1) is 14.9. The van der Waals surface area contributed by atoms with Crippen LogP contribution in [0.5, 0.6) is 0 Å². The number of nitrogens with one attached hydrogen (secondary N) is 1. The molecule has 10 heteroatoms. The van der Waals surface area contributed by atoms with Gasteiger partial charge in [0.2, 0.25) is 21.8 Å². The van der Waals surface area contributed by atoms with E-state index in [0.29, 0.717) is 10.7 Å². The molecule has 2 aromatic rings. The van der Waals surface area contributed by atoms with E-state index < -0.39 is 28.5 Å². The van der Waals surface area contributed by atoms with Crippen LogP contribution in [-0.4, -0.2) is 50.0 Å². The van der Waals surface area contributed by atoms with Crippen LogP contribution in [0.25, 0.3) is 0 Å². The van der Waals surface area contributed by atoms with Crippen LogP contribution < -0.4 is 9.62 Å². The molecule has 2 aromatic carbocycles. The zero-order valence-corrected chi connectivity index (χ0v) is 21.5. The topological polar surface area (TPSA) is 86.8 Å². The van der Waals surface area contributed by atoms with Gasteiger partial charge in [-0.1, -0.05) is 39.7 Å². The van der Waals surface area contributed by atoms with E-state index in [-0.39, 0.29) is 18.5 Å². The first-order valence-corrected chi connectivity index (χ1v) is 13.0. The molecule has 0 saturated carbocycles. The van der Waals surface area contributed by atoms with Crippen molar-refractivity contribution in [3.8, 4) is 0 Å². The van der Waals surface area contributed by atoms with Gasteiger partial charge in [-0.25, -0.2) is 8.42 Å². The summed E-state index contributed by atoms with van der Waals surface area (Å²) in [6.45, 7) is 4.98. The summed E-state index contributed by atoms with van der Waals surface area (Å²) in [6.07, 6.45) is 1.03. The summed E-state index contributed by atoms with van der Waals surface area (Å²) in [5, 5.41) is 3.26. The van der Waals surface area contributed by atoms with Crippen molar-refractivity contribution >= 4 is 55.1 Å². The number of halogens is 2. The van der Waals surface area contributed by atoms with Crippen LogP contribution in [0.15, 0.2) is 53.0 Å². The molecular formula is C22H27BrClN3O4S. The quantitative estimate of drug-likeness (QED) is 0.520. The Hall–Kier alpha value is -2.10. The van der Waals surface area contributed by atoms with Gasteiger partial charge in [0, 0.05) is 22.1 Å². The predicted octanol–water partition coefficient (Wildman–Crippen LogP) is 3.81. The predicted molar refractivity (Wildman–Crippen MR) is 131 cm³/mol. The molecule has 0 saturated heterocycles. The Kier molecular flexibility index (Phi) is 9.12. The molecule has 1 N–H and O–H groups in total. The summed E-state index contributed by atoms with van der Waals surface area (Å²) < 4.78 is 26.8. The second kappa shape index (κ2) is 11.2. The van der Waals surface area contributed by atoms with Crippen molar-refractivity contribution in [2.24, 2.45) is 0 Å². The summed E-state index contributed by atoms with van der Waals surface area (Å²) in [6, 6.07) is 12.6. The highest BCUT2D eigenvalue weighted by molar-refractivity contribution is 9.10. The fourth-order valence-electron chi connectivity index (χ4n) is 3.04. The zero-order valence-electron chi connectivity index (χ0n) is 18.4. The van der Waals surface area contributed by atoms with Crippen molar-refractivity contribution in [1.29, 1.82) is 0 Å². The van der Waals surface area contributed by atoms with E-state index in [9.17, 15) is 18.0 Å². The maximum absolute atomic E-state index is 13.4. The standard InChI is InChI=1S/C22H27BrClN3O4S/c1-15(2)25-22(29)16(3)26(13-17-6-5-7-18(23)12-17)21(28)14-27(32(4,30)31)20-10-8-19(24)9-11-20/h5-12,15-16H,13-14H2,1-4H3,(H,25,29)/t16-/m1/s1. The highest BCUT2D eigenvalue weighted by Gasteiger charge is 2.30. The molecule has 0 fully saturated rings. The smallest absolute Gasteiger partial charge is 0.244 e. The molecule has 0 bridgehead atoms. The zero-order chi connectivity index (χ0) is 24.1. The number of carbonyl (C=O) groups is 2. The molecule has 0 aromatic heterocycles. The normalized spacial score (nSPS) is 12.3. The number of nitrogens with zero attached hydrogens (tertiary/aromatic N) is 2. The number of benzene rings is 2. The Morgan fingerprint density at radius 1 is 1.09 bits per heavy atom. The van der Waals surface area contributed by atoms with Crippen molar-refractivity contribution in [2.75, 3.05) is 17.1 Å². The van der Waals surface area contributed by atoms with Crippen LogP contribution in [0.2, 0.25) is 5.02 Å². The molecule has 0 unspecified atom stereocenters. The average molecular weight is 545 g/mol. The lowest BCUT2D eigenvalue weighted by molar-refractivity contribution is -0.139. The molecule has 0 radical (unpaired) electrons. The highest BCUT2D eigenvalue weighted by Crippen LogP contribution is 2.22. The van der Waals surface area contributed by atoms with Gasteiger partial charge in [0.25, 0.3) is 0 Å². The molecule has 0 aliphatic rings. The molecule has 0 heterocycles. The molecule has 0 aliphatic carbocycles. The van der Waals surface area contributed by atoms with Crippen molar-refractivity contribution in [2.45, 2.75) is 39.4 Å². The van der Waals surface area contributed by atoms with Gasteiger partial charge in [-0.3, -0.25) is 13.9 Å². The molecule has 2 rings (SSSR count). The lowest BCUT2D eigenvalue weighted by atomic mass is 10.1. The number of hydrogen-bond donors (Lipinski definition) is 1. The summed E-state index contributed by atoms with van der Waals surface area (Å²) in [7, 11) is -3.77. The second-order valence-corrected chi connectivity index (χ2v) is 11.0. The van der Waals surface area contributed by atoms with Crippen molar-refractivity contribution in [1.82, 2.24) is 10.2 Å². The molecule has 32 heavy (non-hydrogen) atoms. The lowest BCUT2D eigenvalue weighted by Gasteiger charge is -2.32. The Morgan fingerprint density at radius 2 is 1.72 bits per heavy atom. The third-order valence-electron chi connectivity index (χ3n) is 4.63. The summed E-state index contributed by atoms with van der Waals surface area (Å²) in [5.74, 6) is -0.822. The number of carbonyl (C=O) groups excluding carboxylic acids is 2. The van der Waals surface area contributed by atoms with E-state index in [1.807, 2.05) is 38.1 Å². The summed E-state index contributed by atoms with van der Waals surface area (Å²) in [4.78, 5) is 27.4. The molecule has 2 amide bonds. The monoisotopic (exact) mass is 543 g/mol. The molecular weight excluding hydrogens is 518 g/mol. The third kappa shape index (κ3) is 7.50. The van der Waals surface area contributed by atoms with Crippen LogP contribution in [0, 0.1) is 0 Å². The molecule has 0 aliphatic heterocycles. The third-order valence-corrected chi connectivity index (χ3v) is 6.52. The second-order valence-electron chi connectivity index (χ2n) is 7.74. The SMILES string of the molecule is CC(C)NC(=O)[C@@H](C)N(Cc1cccc(Br)c1)C(=O)CN(c1ccc(Cl)cc1)S(C)(=O)=O. The number of rotatable bonds is 9.